The van der Waals surface area contributed by atoms with E-state index in [1.807, 2.05) is 26.0 Å². The van der Waals surface area contributed by atoms with Crippen LogP contribution < -0.4 is 4.74 Å². The topological polar surface area (TPSA) is 72.6 Å². The van der Waals surface area contributed by atoms with Gasteiger partial charge in [0, 0.05) is 5.56 Å². The van der Waals surface area contributed by atoms with Crippen molar-refractivity contribution in [3.8, 4) is 16.9 Å². The van der Waals surface area contributed by atoms with Crippen molar-refractivity contribution in [2.45, 2.75) is 26.9 Å². The van der Waals surface area contributed by atoms with Gasteiger partial charge in [0.1, 0.15) is 11.5 Å². The zero-order valence-corrected chi connectivity index (χ0v) is 11.0. The van der Waals surface area contributed by atoms with Gasteiger partial charge in [0.05, 0.1) is 5.69 Å². The highest BCUT2D eigenvalue weighted by Gasteiger charge is 2.15. The van der Waals surface area contributed by atoms with E-state index in [9.17, 15) is 4.79 Å². The molecular weight excluding hydrogens is 246 g/mol. The standard InChI is InChI=1S/C14H15NO4/c1-8-13(9(2)19-15-8)11-5-4-6-12(7-11)18-10(3)14(16)17/h4-7,10H,1-3H3,(H,16,17). The van der Waals surface area contributed by atoms with E-state index in [0.29, 0.717) is 5.75 Å². The molecule has 0 radical (unpaired) electrons. The molecule has 0 aliphatic rings. The quantitative estimate of drug-likeness (QED) is 0.916. The summed E-state index contributed by atoms with van der Waals surface area (Å²) in [5.74, 6) is 0.232. The Morgan fingerprint density at radius 2 is 2.16 bits per heavy atom. The van der Waals surface area contributed by atoms with Gasteiger partial charge in [-0.2, -0.15) is 0 Å². The minimum atomic E-state index is -0.997. The maximum absolute atomic E-state index is 10.8. The van der Waals surface area contributed by atoms with E-state index in [1.165, 1.54) is 6.92 Å². The number of carboxylic acids is 1. The Morgan fingerprint density at radius 1 is 1.42 bits per heavy atom. The molecule has 0 fully saturated rings. The SMILES string of the molecule is Cc1noc(C)c1-c1cccc(OC(C)C(=O)O)c1. The van der Waals surface area contributed by atoms with Crippen LogP contribution in [0.3, 0.4) is 0 Å². The molecule has 1 unspecified atom stereocenters. The van der Waals surface area contributed by atoms with Crippen LogP contribution in [0.5, 0.6) is 5.75 Å². The van der Waals surface area contributed by atoms with Gasteiger partial charge in [0.15, 0.2) is 6.10 Å². The molecular formula is C14H15NO4. The van der Waals surface area contributed by atoms with Crippen LogP contribution in [0.15, 0.2) is 28.8 Å². The Morgan fingerprint density at radius 3 is 2.74 bits per heavy atom. The number of aromatic nitrogens is 1. The first-order valence-corrected chi connectivity index (χ1v) is 5.92. The third kappa shape index (κ3) is 2.76. The highest BCUT2D eigenvalue weighted by atomic mass is 16.5. The van der Waals surface area contributed by atoms with Crippen LogP contribution >= 0.6 is 0 Å². The molecule has 0 aliphatic heterocycles. The molecule has 1 aromatic heterocycles. The normalized spacial score (nSPS) is 12.2. The van der Waals surface area contributed by atoms with Crippen molar-refractivity contribution in [3.63, 3.8) is 0 Å². The van der Waals surface area contributed by atoms with Crippen molar-refractivity contribution >= 4 is 5.97 Å². The van der Waals surface area contributed by atoms with Gasteiger partial charge in [0.2, 0.25) is 0 Å². The van der Waals surface area contributed by atoms with E-state index < -0.39 is 12.1 Å². The highest BCUT2D eigenvalue weighted by molar-refractivity contribution is 5.73. The number of carbonyl (C=O) groups is 1. The molecule has 0 spiro atoms. The Hall–Kier alpha value is -2.30. The van der Waals surface area contributed by atoms with Crippen LogP contribution in [-0.4, -0.2) is 22.3 Å². The van der Waals surface area contributed by atoms with Crippen LogP contribution in [0.1, 0.15) is 18.4 Å². The Kier molecular flexibility index (Phi) is 3.55. The lowest BCUT2D eigenvalue weighted by atomic mass is 10.0. The zero-order valence-electron chi connectivity index (χ0n) is 11.0. The zero-order chi connectivity index (χ0) is 14.0. The van der Waals surface area contributed by atoms with Gasteiger partial charge in [-0.25, -0.2) is 4.79 Å². The fourth-order valence-electron chi connectivity index (χ4n) is 1.87. The molecule has 5 heteroatoms. The van der Waals surface area contributed by atoms with Crippen LogP contribution in [0.4, 0.5) is 0 Å². The number of ether oxygens (including phenoxy) is 1. The summed E-state index contributed by atoms with van der Waals surface area (Å²) < 4.78 is 10.5. The van der Waals surface area contributed by atoms with Gasteiger partial charge in [-0.15, -0.1) is 0 Å². The van der Waals surface area contributed by atoms with Gasteiger partial charge in [-0.1, -0.05) is 17.3 Å². The van der Waals surface area contributed by atoms with Gasteiger partial charge in [-0.05, 0) is 38.5 Å². The van der Waals surface area contributed by atoms with Gasteiger partial charge >= 0.3 is 5.97 Å². The molecule has 1 atom stereocenters. The molecule has 5 nitrogen and oxygen atoms in total. The second-order valence-electron chi connectivity index (χ2n) is 4.33. The van der Waals surface area contributed by atoms with Crippen LogP contribution in [-0.2, 0) is 4.79 Å². The van der Waals surface area contributed by atoms with E-state index in [1.54, 1.807) is 12.1 Å². The molecule has 0 saturated carbocycles. The number of aryl methyl sites for hydroxylation is 2. The minimum Gasteiger partial charge on any atom is -0.479 e. The third-order valence-electron chi connectivity index (χ3n) is 2.82. The lowest BCUT2D eigenvalue weighted by Gasteiger charge is -2.11. The predicted octanol–water partition coefficient (Wildman–Crippen LogP) is 2.81. The Bertz CT molecular complexity index is 584. The van der Waals surface area contributed by atoms with Gasteiger partial charge in [-0.3, -0.25) is 0 Å². The third-order valence-corrected chi connectivity index (χ3v) is 2.82. The molecule has 0 aliphatic carbocycles. The second-order valence-corrected chi connectivity index (χ2v) is 4.33. The largest absolute Gasteiger partial charge is 0.479 e. The molecule has 2 aromatic rings. The van der Waals surface area contributed by atoms with Crippen molar-refractivity contribution in [2.75, 3.05) is 0 Å². The van der Waals surface area contributed by atoms with E-state index in [-0.39, 0.29) is 0 Å². The monoisotopic (exact) mass is 261 g/mol. The molecule has 100 valence electrons. The van der Waals surface area contributed by atoms with Crippen molar-refractivity contribution in [1.29, 1.82) is 0 Å². The fourth-order valence-corrected chi connectivity index (χ4v) is 1.87. The smallest absolute Gasteiger partial charge is 0.344 e. The molecule has 1 N–H and O–H groups in total. The number of rotatable bonds is 4. The molecule has 0 bridgehead atoms. The summed E-state index contributed by atoms with van der Waals surface area (Å²) in [6, 6.07) is 7.23. The average Bonchev–Trinajstić information content (AvgIpc) is 2.69. The van der Waals surface area contributed by atoms with Gasteiger partial charge < -0.3 is 14.4 Å². The fraction of sp³-hybridized carbons (Fsp3) is 0.286. The first-order valence-electron chi connectivity index (χ1n) is 5.92. The number of hydrogen-bond donors (Lipinski definition) is 1. The number of benzene rings is 1. The van der Waals surface area contributed by atoms with Crippen molar-refractivity contribution < 1.29 is 19.2 Å². The maximum Gasteiger partial charge on any atom is 0.344 e. The number of hydrogen-bond acceptors (Lipinski definition) is 4. The molecule has 0 amide bonds. The molecule has 2 rings (SSSR count). The Labute approximate surface area is 110 Å². The first kappa shape index (κ1) is 13.1. The van der Waals surface area contributed by atoms with Crippen molar-refractivity contribution in [1.82, 2.24) is 5.16 Å². The molecule has 1 heterocycles. The van der Waals surface area contributed by atoms with E-state index in [0.717, 1.165) is 22.6 Å². The average molecular weight is 261 g/mol. The van der Waals surface area contributed by atoms with Crippen LogP contribution in [0.2, 0.25) is 0 Å². The summed E-state index contributed by atoms with van der Waals surface area (Å²) >= 11 is 0. The second kappa shape index (κ2) is 5.14. The maximum atomic E-state index is 10.8. The summed E-state index contributed by atoms with van der Waals surface area (Å²) in [4.78, 5) is 10.8. The van der Waals surface area contributed by atoms with E-state index >= 15 is 0 Å². The summed E-state index contributed by atoms with van der Waals surface area (Å²) in [6.45, 7) is 5.19. The van der Waals surface area contributed by atoms with Crippen LogP contribution in [0.25, 0.3) is 11.1 Å². The van der Waals surface area contributed by atoms with E-state index in [4.69, 9.17) is 14.4 Å². The summed E-state index contributed by atoms with van der Waals surface area (Å²) in [5, 5.41) is 12.7. The number of carboxylic acid groups (broad SMARTS) is 1. The summed E-state index contributed by atoms with van der Waals surface area (Å²) in [7, 11) is 0. The lowest BCUT2D eigenvalue weighted by Crippen LogP contribution is -2.22. The predicted molar refractivity (Wildman–Crippen MR) is 69.1 cm³/mol. The lowest BCUT2D eigenvalue weighted by molar-refractivity contribution is -0.144. The first-order chi connectivity index (χ1) is 8.99. The Balaban J connectivity index is 2.32. The highest BCUT2D eigenvalue weighted by Crippen LogP contribution is 2.29. The minimum absolute atomic E-state index is 0.507. The van der Waals surface area contributed by atoms with Crippen LogP contribution in [0, 0.1) is 13.8 Å². The molecule has 0 saturated heterocycles. The summed E-state index contributed by atoms with van der Waals surface area (Å²) in [6.07, 6.45) is -0.889. The van der Waals surface area contributed by atoms with Gasteiger partial charge in [0.25, 0.3) is 0 Å². The number of nitrogens with zero attached hydrogens (tertiary/aromatic N) is 1. The van der Waals surface area contributed by atoms with Crippen molar-refractivity contribution in [2.24, 2.45) is 0 Å². The summed E-state index contributed by atoms with van der Waals surface area (Å²) in [5.41, 5.74) is 2.60. The number of aliphatic carboxylic acids is 1. The molecule has 19 heavy (non-hydrogen) atoms. The molecule has 1 aromatic carbocycles. The van der Waals surface area contributed by atoms with Crippen molar-refractivity contribution in [3.05, 3.63) is 35.7 Å². The van der Waals surface area contributed by atoms with E-state index in [2.05, 4.69) is 5.16 Å².